The predicted molar refractivity (Wildman–Crippen MR) is 68.0 cm³/mol. The predicted octanol–water partition coefficient (Wildman–Crippen LogP) is 1.74. The Hall–Kier alpha value is -0.930. The molecule has 0 amide bonds. The molecule has 0 saturated heterocycles. The Morgan fingerprint density at radius 1 is 1.44 bits per heavy atom. The third-order valence-electron chi connectivity index (χ3n) is 2.97. The molecule has 3 nitrogen and oxygen atoms in total. The van der Waals surface area contributed by atoms with Crippen molar-refractivity contribution in [1.82, 2.24) is 9.88 Å². The first-order valence-corrected chi connectivity index (χ1v) is 5.91. The highest BCUT2D eigenvalue weighted by molar-refractivity contribution is 5.07. The highest BCUT2D eigenvalue weighted by Crippen LogP contribution is 2.11. The highest BCUT2D eigenvalue weighted by Gasteiger charge is 2.13. The van der Waals surface area contributed by atoms with Gasteiger partial charge in [-0.25, -0.2) is 0 Å². The molecule has 1 unspecified atom stereocenters. The summed E-state index contributed by atoms with van der Waals surface area (Å²) in [6, 6.07) is 4.09. The fourth-order valence-corrected chi connectivity index (χ4v) is 1.83. The molecule has 0 fully saturated rings. The third-order valence-corrected chi connectivity index (χ3v) is 2.97. The summed E-state index contributed by atoms with van der Waals surface area (Å²) < 4.78 is 0. The van der Waals surface area contributed by atoms with Gasteiger partial charge in [-0.3, -0.25) is 4.98 Å². The second kappa shape index (κ2) is 6.61. The van der Waals surface area contributed by atoms with Crippen LogP contribution in [0.25, 0.3) is 0 Å². The van der Waals surface area contributed by atoms with Crippen molar-refractivity contribution in [2.45, 2.75) is 20.4 Å². The molecule has 1 aromatic heterocycles. The Labute approximate surface area is 98.7 Å². The second-order valence-electron chi connectivity index (χ2n) is 4.80. The van der Waals surface area contributed by atoms with Crippen LogP contribution in [0, 0.1) is 11.8 Å². The zero-order valence-corrected chi connectivity index (χ0v) is 10.6. The summed E-state index contributed by atoms with van der Waals surface area (Å²) in [7, 11) is 2.14. The molecule has 0 aliphatic heterocycles. The summed E-state index contributed by atoms with van der Waals surface area (Å²) in [5.74, 6) is 1.21. The van der Waals surface area contributed by atoms with Gasteiger partial charge in [-0.05, 0) is 37.1 Å². The highest BCUT2D eigenvalue weighted by atomic mass is 15.1. The van der Waals surface area contributed by atoms with E-state index in [-0.39, 0.29) is 0 Å². The van der Waals surface area contributed by atoms with Crippen LogP contribution in [0.5, 0.6) is 0 Å². The van der Waals surface area contributed by atoms with Gasteiger partial charge in [-0.2, -0.15) is 0 Å². The SMILES string of the molecule is CC(C)C(CN)CN(C)Cc1cccnc1. The van der Waals surface area contributed by atoms with E-state index in [4.69, 9.17) is 5.73 Å². The molecule has 0 aliphatic carbocycles. The van der Waals surface area contributed by atoms with Gasteiger partial charge in [-0.15, -0.1) is 0 Å². The molecule has 1 heterocycles. The topological polar surface area (TPSA) is 42.1 Å². The van der Waals surface area contributed by atoms with E-state index >= 15 is 0 Å². The van der Waals surface area contributed by atoms with Gasteiger partial charge < -0.3 is 10.6 Å². The first kappa shape index (κ1) is 13.1. The third kappa shape index (κ3) is 4.29. The van der Waals surface area contributed by atoms with Crippen molar-refractivity contribution < 1.29 is 0 Å². The summed E-state index contributed by atoms with van der Waals surface area (Å²) in [5.41, 5.74) is 7.03. The van der Waals surface area contributed by atoms with Gasteiger partial charge in [0.2, 0.25) is 0 Å². The van der Waals surface area contributed by atoms with Crippen LogP contribution in [-0.4, -0.2) is 30.0 Å². The number of aromatic nitrogens is 1. The van der Waals surface area contributed by atoms with Gasteiger partial charge in [0, 0.05) is 25.5 Å². The fourth-order valence-electron chi connectivity index (χ4n) is 1.83. The minimum atomic E-state index is 0.571. The monoisotopic (exact) mass is 221 g/mol. The van der Waals surface area contributed by atoms with E-state index in [0.717, 1.165) is 19.6 Å². The van der Waals surface area contributed by atoms with Gasteiger partial charge in [0.15, 0.2) is 0 Å². The van der Waals surface area contributed by atoms with Crippen LogP contribution in [0.15, 0.2) is 24.5 Å². The molecule has 0 radical (unpaired) electrons. The molecule has 1 aromatic rings. The maximum absolute atomic E-state index is 5.78. The molecule has 1 rings (SSSR count). The number of nitrogens with two attached hydrogens (primary N) is 1. The Kier molecular flexibility index (Phi) is 5.43. The van der Waals surface area contributed by atoms with E-state index in [0.29, 0.717) is 11.8 Å². The van der Waals surface area contributed by atoms with Gasteiger partial charge in [0.25, 0.3) is 0 Å². The van der Waals surface area contributed by atoms with Crippen molar-refractivity contribution in [2.24, 2.45) is 17.6 Å². The molecule has 0 bridgehead atoms. The maximum Gasteiger partial charge on any atom is 0.0312 e. The quantitative estimate of drug-likeness (QED) is 0.795. The van der Waals surface area contributed by atoms with Crippen molar-refractivity contribution in [3.05, 3.63) is 30.1 Å². The van der Waals surface area contributed by atoms with Crippen molar-refractivity contribution >= 4 is 0 Å². The number of rotatable bonds is 6. The molecule has 3 heteroatoms. The second-order valence-corrected chi connectivity index (χ2v) is 4.80. The minimum absolute atomic E-state index is 0.571. The van der Waals surface area contributed by atoms with Gasteiger partial charge >= 0.3 is 0 Å². The number of pyridine rings is 1. The Balaban J connectivity index is 2.44. The Bertz CT molecular complexity index is 284. The molecule has 0 aromatic carbocycles. The molecule has 90 valence electrons. The lowest BCUT2D eigenvalue weighted by molar-refractivity contribution is 0.234. The summed E-state index contributed by atoms with van der Waals surface area (Å²) >= 11 is 0. The lowest BCUT2D eigenvalue weighted by Crippen LogP contribution is -2.32. The zero-order chi connectivity index (χ0) is 12.0. The maximum atomic E-state index is 5.78. The molecular formula is C13H23N3. The van der Waals surface area contributed by atoms with E-state index < -0.39 is 0 Å². The minimum Gasteiger partial charge on any atom is -0.330 e. The lowest BCUT2D eigenvalue weighted by Gasteiger charge is -2.25. The van der Waals surface area contributed by atoms with Gasteiger partial charge in [0.05, 0.1) is 0 Å². The van der Waals surface area contributed by atoms with E-state index in [1.165, 1.54) is 5.56 Å². The van der Waals surface area contributed by atoms with Crippen LogP contribution in [-0.2, 0) is 6.54 Å². The van der Waals surface area contributed by atoms with Crippen LogP contribution in [0.1, 0.15) is 19.4 Å². The van der Waals surface area contributed by atoms with Crippen LogP contribution >= 0.6 is 0 Å². The fraction of sp³-hybridized carbons (Fsp3) is 0.615. The van der Waals surface area contributed by atoms with E-state index in [1.807, 2.05) is 12.3 Å². The van der Waals surface area contributed by atoms with Crippen LogP contribution in [0.4, 0.5) is 0 Å². The molecule has 0 aliphatic rings. The largest absolute Gasteiger partial charge is 0.330 e. The lowest BCUT2D eigenvalue weighted by atomic mass is 9.95. The van der Waals surface area contributed by atoms with Crippen molar-refractivity contribution in [3.8, 4) is 0 Å². The summed E-state index contributed by atoms with van der Waals surface area (Å²) in [4.78, 5) is 6.43. The average molecular weight is 221 g/mol. The normalized spacial score (nSPS) is 13.4. The van der Waals surface area contributed by atoms with Gasteiger partial charge in [-0.1, -0.05) is 19.9 Å². The number of hydrogen-bond acceptors (Lipinski definition) is 3. The van der Waals surface area contributed by atoms with Crippen molar-refractivity contribution in [3.63, 3.8) is 0 Å². The van der Waals surface area contributed by atoms with E-state index in [2.05, 4.69) is 36.8 Å². The Morgan fingerprint density at radius 2 is 2.19 bits per heavy atom. The van der Waals surface area contributed by atoms with Crippen LogP contribution in [0.2, 0.25) is 0 Å². The molecule has 0 saturated carbocycles. The standard InChI is InChI=1S/C13H23N3/c1-11(2)13(7-14)10-16(3)9-12-5-4-6-15-8-12/h4-6,8,11,13H,7,9-10,14H2,1-3H3. The van der Waals surface area contributed by atoms with Crippen molar-refractivity contribution in [2.75, 3.05) is 20.1 Å². The summed E-state index contributed by atoms with van der Waals surface area (Å²) in [6.07, 6.45) is 3.73. The zero-order valence-electron chi connectivity index (χ0n) is 10.6. The first-order chi connectivity index (χ1) is 7.63. The summed E-state index contributed by atoms with van der Waals surface area (Å²) in [5, 5.41) is 0. The van der Waals surface area contributed by atoms with Crippen LogP contribution in [0.3, 0.4) is 0 Å². The van der Waals surface area contributed by atoms with E-state index in [1.54, 1.807) is 6.20 Å². The molecule has 1 atom stereocenters. The average Bonchev–Trinajstić information content (AvgIpc) is 2.27. The molecule has 16 heavy (non-hydrogen) atoms. The molecular weight excluding hydrogens is 198 g/mol. The smallest absolute Gasteiger partial charge is 0.0312 e. The van der Waals surface area contributed by atoms with E-state index in [9.17, 15) is 0 Å². The number of hydrogen-bond donors (Lipinski definition) is 1. The molecule has 2 N–H and O–H groups in total. The molecule has 0 spiro atoms. The first-order valence-electron chi connectivity index (χ1n) is 5.91. The van der Waals surface area contributed by atoms with Gasteiger partial charge in [0.1, 0.15) is 0 Å². The number of nitrogens with zero attached hydrogens (tertiary/aromatic N) is 2. The van der Waals surface area contributed by atoms with Crippen LogP contribution < -0.4 is 5.73 Å². The van der Waals surface area contributed by atoms with Crippen molar-refractivity contribution in [1.29, 1.82) is 0 Å². The summed E-state index contributed by atoms with van der Waals surface area (Å²) in [6.45, 7) is 7.21. The Morgan fingerprint density at radius 3 is 2.69 bits per heavy atom.